The summed E-state index contributed by atoms with van der Waals surface area (Å²) >= 11 is 1.15. The van der Waals surface area contributed by atoms with E-state index in [-0.39, 0.29) is 5.69 Å². The smallest absolute Gasteiger partial charge is 0.333 e. The zero-order chi connectivity index (χ0) is 15.7. The van der Waals surface area contributed by atoms with Gasteiger partial charge in [0.2, 0.25) is 5.82 Å². The van der Waals surface area contributed by atoms with Crippen LogP contribution in [0.15, 0.2) is 18.2 Å². The van der Waals surface area contributed by atoms with Crippen molar-refractivity contribution in [2.45, 2.75) is 26.9 Å². The van der Waals surface area contributed by atoms with Crippen molar-refractivity contribution in [3.8, 4) is 0 Å². The molecule has 3 rings (SSSR count). The third-order valence-electron chi connectivity index (χ3n) is 3.39. The van der Waals surface area contributed by atoms with Crippen LogP contribution in [0.3, 0.4) is 0 Å². The molecule has 0 bridgehead atoms. The second kappa shape index (κ2) is 5.68. The summed E-state index contributed by atoms with van der Waals surface area (Å²) in [6, 6.07) is 5.73. The van der Waals surface area contributed by atoms with Crippen LogP contribution in [-0.2, 0) is 13.1 Å². The highest BCUT2D eigenvalue weighted by atomic mass is 32.1. The SMILES string of the molecule is CCn1nc(C)c([N+](=O)[O-])c1NCc1cccc2nsnc12. The van der Waals surface area contributed by atoms with Gasteiger partial charge in [0.25, 0.3) is 0 Å². The molecule has 0 aliphatic heterocycles. The summed E-state index contributed by atoms with van der Waals surface area (Å²) in [5.41, 5.74) is 3.02. The minimum absolute atomic E-state index is 0.0189. The third-order valence-corrected chi connectivity index (χ3v) is 3.94. The summed E-state index contributed by atoms with van der Waals surface area (Å²) in [5.74, 6) is 0.421. The third kappa shape index (κ3) is 2.39. The van der Waals surface area contributed by atoms with Gasteiger partial charge in [-0.1, -0.05) is 12.1 Å². The molecule has 0 amide bonds. The molecule has 0 unspecified atom stereocenters. The molecular formula is C13H14N6O2S. The van der Waals surface area contributed by atoms with Gasteiger partial charge in [-0.05, 0) is 19.9 Å². The molecule has 0 aliphatic carbocycles. The Hall–Kier alpha value is -2.55. The first kappa shape index (κ1) is 14.4. The van der Waals surface area contributed by atoms with E-state index >= 15 is 0 Å². The first-order valence-electron chi connectivity index (χ1n) is 6.77. The molecule has 0 fully saturated rings. The van der Waals surface area contributed by atoms with Crippen LogP contribution in [0.1, 0.15) is 18.2 Å². The Morgan fingerprint density at radius 3 is 2.95 bits per heavy atom. The van der Waals surface area contributed by atoms with E-state index in [2.05, 4.69) is 19.2 Å². The predicted molar refractivity (Wildman–Crippen MR) is 84.0 cm³/mol. The summed E-state index contributed by atoms with van der Waals surface area (Å²) in [6.45, 7) is 4.52. The molecule has 9 heteroatoms. The van der Waals surface area contributed by atoms with Gasteiger partial charge in [-0.3, -0.25) is 10.1 Å². The molecule has 0 saturated heterocycles. The topological polar surface area (TPSA) is 98.8 Å². The van der Waals surface area contributed by atoms with Crippen LogP contribution in [0.25, 0.3) is 11.0 Å². The van der Waals surface area contributed by atoms with Gasteiger partial charge in [0.1, 0.15) is 16.7 Å². The highest BCUT2D eigenvalue weighted by molar-refractivity contribution is 7.00. The second-order valence-corrected chi connectivity index (χ2v) is 5.29. The van der Waals surface area contributed by atoms with Crippen molar-refractivity contribution in [1.82, 2.24) is 18.5 Å². The maximum atomic E-state index is 11.2. The Labute approximate surface area is 130 Å². The number of rotatable bonds is 5. The van der Waals surface area contributed by atoms with E-state index in [0.717, 1.165) is 28.3 Å². The van der Waals surface area contributed by atoms with E-state index in [9.17, 15) is 10.1 Å². The lowest BCUT2D eigenvalue weighted by Crippen LogP contribution is -2.08. The zero-order valence-electron chi connectivity index (χ0n) is 12.1. The van der Waals surface area contributed by atoms with Crippen molar-refractivity contribution in [3.63, 3.8) is 0 Å². The molecule has 3 aromatic rings. The van der Waals surface area contributed by atoms with Crippen molar-refractivity contribution in [3.05, 3.63) is 39.6 Å². The molecule has 22 heavy (non-hydrogen) atoms. The zero-order valence-corrected chi connectivity index (χ0v) is 12.9. The van der Waals surface area contributed by atoms with Gasteiger partial charge >= 0.3 is 5.69 Å². The van der Waals surface area contributed by atoms with E-state index in [1.165, 1.54) is 0 Å². The van der Waals surface area contributed by atoms with Crippen LogP contribution in [0, 0.1) is 17.0 Å². The lowest BCUT2D eigenvalue weighted by atomic mass is 10.2. The van der Waals surface area contributed by atoms with E-state index in [1.54, 1.807) is 11.6 Å². The summed E-state index contributed by atoms with van der Waals surface area (Å²) in [7, 11) is 0. The van der Waals surface area contributed by atoms with E-state index in [0.29, 0.717) is 24.6 Å². The van der Waals surface area contributed by atoms with Gasteiger partial charge in [0.05, 0.1) is 16.7 Å². The minimum Gasteiger partial charge on any atom is -0.360 e. The first-order chi connectivity index (χ1) is 10.6. The largest absolute Gasteiger partial charge is 0.360 e. The molecule has 0 spiro atoms. The summed E-state index contributed by atoms with van der Waals surface area (Å²) in [6.07, 6.45) is 0. The van der Waals surface area contributed by atoms with Crippen LogP contribution in [0.4, 0.5) is 11.5 Å². The molecule has 2 heterocycles. The Bertz CT molecular complexity index is 840. The number of benzene rings is 1. The van der Waals surface area contributed by atoms with Crippen molar-refractivity contribution in [2.75, 3.05) is 5.32 Å². The average Bonchev–Trinajstić information content (AvgIpc) is 3.08. The van der Waals surface area contributed by atoms with Gasteiger partial charge in [0.15, 0.2) is 0 Å². The fourth-order valence-electron chi connectivity index (χ4n) is 2.38. The quantitative estimate of drug-likeness (QED) is 0.573. The Kier molecular flexibility index (Phi) is 3.72. The second-order valence-electron chi connectivity index (χ2n) is 4.76. The van der Waals surface area contributed by atoms with Crippen molar-refractivity contribution in [1.29, 1.82) is 0 Å². The highest BCUT2D eigenvalue weighted by Crippen LogP contribution is 2.29. The minimum atomic E-state index is -0.401. The molecule has 0 radical (unpaired) electrons. The molecule has 8 nitrogen and oxygen atoms in total. The monoisotopic (exact) mass is 318 g/mol. The number of nitro groups is 1. The number of aryl methyl sites for hydroxylation is 2. The first-order valence-corrected chi connectivity index (χ1v) is 7.50. The molecule has 2 aromatic heterocycles. The Morgan fingerprint density at radius 2 is 2.23 bits per heavy atom. The van der Waals surface area contributed by atoms with Crippen molar-refractivity contribution in [2.24, 2.45) is 0 Å². The molecule has 0 atom stereocenters. The number of hydrogen-bond acceptors (Lipinski definition) is 7. The van der Waals surface area contributed by atoms with Gasteiger partial charge in [-0.25, -0.2) is 4.68 Å². The Balaban J connectivity index is 1.94. The van der Waals surface area contributed by atoms with Crippen molar-refractivity contribution < 1.29 is 4.92 Å². The lowest BCUT2D eigenvalue weighted by Gasteiger charge is -2.08. The number of nitrogens with one attached hydrogen (secondary N) is 1. The number of hydrogen-bond donors (Lipinski definition) is 1. The standard InChI is InChI=1S/C13H14N6O2S/c1-3-18-13(12(19(20)21)8(2)15-18)14-7-9-5-4-6-10-11(9)17-22-16-10/h4-6,14H,3,7H2,1-2H3. The van der Waals surface area contributed by atoms with Crippen molar-refractivity contribution >= 4 is 34.3 Å². The Morgan fingerprint density at radius 1 is 1.41 bits per heavy atom. The van der Waals surface area contributed by atoms with Gasteiger partial charge in [-0.15, -0.1) is 0 Å². The van der Waals surface area contributed by atoms with Gasteiger partial charge < -0.3 is 5.32 Å². The van der Waals surface area contributed by atoms with Crippen LogP contribution in [0.2, 0.25) is 0 Å². The average molecular weight is 318 g/mol. The van der Waals surface area contributed by atoms with Gasteiger partial charge in [-0.2, -0.15) is 13.8 Å². The molecule has 114 valence electrons. The van der Waals surface area contributed by atoms with Crippen LogP contribution in [-0.4, -0.2) is 23.5 Å². The molecule has 0 saturated carbocycles. The number of anilines is 1. The normalized spacial score (nSPS) is 11.0. The number of nitrogens with zero attached hydrogens (tertiary/aromatic N) is 5. The van der Waals surface area contributed by atoms with E-state index < -0.39 is 4.92 Å². The molecule has 0 aliphatic rings. The predicted octanol–water partition coefficient (Wildman–Crippen LogP) is 2.74. The molecule has 1 N–H and O–H groups in total. The van der Waals surface area contributed by atoms with Crippen LogP contribution >= 0.6 is 11.7 Å². The maximum Gasteiger partial charge on any atom is 0.333 e. The lowest BCUT2D eigenvalue weighted by molar-refractivity contribution is -0.384. The van der Waals surface area contributed by atoms with E-state index in [4.69, 9.17) is 0 Å². The fraction of sp³-hybridized carbons (Fsp3) is 0.308. The summed E-state index contributed by atoms with van der Waals surface area (Å²) < 4.78 is 10.1. The van der Waals surface area contributed by atoms with Crippen LogP contribution in [0.5, 0.6) is 0 Å². The maximum absolute atomic E-state index is 11.2. The molecular weight excluding hydrogens is 304 g/mol. The molecule has 1 aromatic carbocycles. The summed E-state index contributed by atoms with van der Waals surface area (Å²) in [5, 5.41) is 18.6. The highest BCUT2D eigenvalue weighted by Gasteiger charge is 2.24. The van der Waals surface area contributed by atoms with Gasteiger partial charge in [0, 0.05) is 18.7 Å². The number of fused-ring (bicyclic) bond motifs is 1. The summed E-state index contributed by atoms with van der Waals surface area (Å²) in [4.78, 5) is 10.8. The van der Waals surface area contributed by atoms with Crippen LogP contribution < -0.4 is 5.32 Å². The number of aromatic nitrogens is 4. The van der Waals surface area contributed by atoms with E-state index in [1.807, 2.05) is 25.1 Å². The fourth-order valence-corrected chi connectivity index (χ4v) is 2.95.